The first-order valence-corrected chi connectivity index (χ1v) is 9.83. The molecule has 5 heteroatoms. The summed E-state index contributed by atoms with van der Waals surface area (Å²) in [4.78, 5) is 8.27. The Kier molecular flexibility index (Phi) is 8.19. The Morgan fingerprint density at radius 3 is 2.75 bits per heavy atom. The molecular weight excluding hydrogens is 318 g/mol. The Bertz CT molecular complexity index is 554. The van der Waals surface area contributed by atoms with Crippen molar-refractivity contribution in [2.75, 3.05) is 39.6 Å². The molecule has 1 aliphatic rings. The maximum atomic E-state index is 5.35. The number of hydrogen-bond acceptors (Lipinski definition) is 3. The summed E-state index contributed by atoms with van der Waals surface area (Å²) in [5.74, 6) is 0.971. The van der Waals surface area contributed by atoms with E-state index in [1.54, 1.807) is 11.8 Å². The Hall–Kier alpha value is -1.46. The van der Waals surface area contributed by atoms with Crippen LogP contribution in [-0.2, 0) is 11.3 Å². The van der Waals surface area contributed by atoms with Crippen LogP contribution in [0.3, 0.4) is 0 Å². The predicted octanol–water partition coefficient (Wildman–Crippen LogP) is 3.54. The van der Waals surface area contributed by atoms with E-state index in [1.165, 1.54) is 16.0 Å². The number of nitrogens with zero attached hydrogens (tertiary/aromatic N) is 2. The standard InChI is InChI=1S/C19H29N3OS/c1-4-20-19(21-12-9-16-10-13-23-14-11-16)22(2)15-17-5-7-18(24-3)8-6-17/h5-8,10H,4,9,11-15H2,1-3H3,(H,20,21). The van der Waals surface area contributed by atoms with Gasteiger partial charge in [-0.3, -0.25) is 4.99 Å². The highest BCUT2D eigenvalue weighted by atomic mass is 32.2. The van der Waals surface area contributed by atoms with E-state index in [4.69, 9.17) is 9.73 Å². The van der Waals surface area contributed by atoms with Gasteiger partial charge in [-0.05, 0) is 43.7 Å². The zero-order valence-electron chi connectivity index (χ0n) is 15.0. The van der Waals surface area contributed by atoms with Crippen LogP contribution in [0.5, 0.6) is 0 Å². The minimum Gasteiger partial charge on any atom is -0.377 e. The highest BCUT2D eigenvalue weighted by Crippen LogP contribution is 2.16. The van der Waals surface area contributed by atoms with Crippen molar-refractivity contribution in [1.82, 2.24) is 10.2 Å². The first-order valence-electron chi connectivity index (χ1n) is 8.61. The lowest BCUT2D eigenvalue weighted by atomic mass is 10.1. The number of thioether (sulfide) groups is 1. The molecule has 0 amide bonds. The molecule has 0 bridgehead atoms. The Balaban J connectivity index is 1.91. The first-order chi connectivity index (χ1) is 11.7. The van der Waals surface area contributed by atoms with Crippen LogP contribution in [0.25, 0.3) is 0 Å². The molecule has 0 radical (unpaired) electrons. The summed E-state index contributed by atoms with van der Waals surface area (Å²) in [6, 6.07) is 8.74. The minimum atomic E-state index is 0.755. The zero-order chi connectivity index (χ0) is 17.2. The molecule has 1 N–H and O–H groups in total. The summed E-state index contributed by atoms with van der Waals surface area (Å²) in [7, 11) is 2.09. The molecule has 24 heavy (non-hydrogen) atoms. The molecule has 4 nitrogen and oxygen atoms in total. The van der Waals surface area contributed by atoms with Crippen LogP contribution in [0.2, 0.25) is 0 Å². The van der Waals surface area contributed by atoms with Crippen molar-refractivity contribution in [3.05, 3.63) is 41.5 Å². The molecule has 1 aromatic carbocycles. The SMILES string of the molecule is CCNC(=NCCC1=CCOCC1)N(C)Cc1ccc(SC)cc1. The Morgan fingerprint density at radius 2 is 2.12 bits per heavy atom. The fourth-order valence-electron chi connectivity index (χ4n) is 2.65. The van der Waals surface area contributed by atoms with Gasteiger partial charge in [0, 0.05) is 31.6 Å². The summed E-state index contributed by atoms with van der Waals surface area (Å²) >= 11 is 1.77. The number of hydrogen-bond donors (Lipinski definition) is 1. The van der Waals surface area contributed by atoms with Crippen molar-refractivity contribution >= 4 is 17.7 Å². The molecule has 132 valence electrons. The van der Waals surface area contributed by atoms with E-state index in [0.29, 0.717) is 0 Å². The molecule has 0 atom stereocenters. The van der Waals surface area contributed by atoms with Gasteiger partial charge in [0.2, 0.25) is 0 Å². The average molecular weight is 348 g/mol. The van der Waals surface area contributed by atoms with Gasteiger partial charge in [-0.15, -0.1) is 11.8 Å². The minimum absolute atomic E-state index is 0.755. The van der Waals surface area contributed by atoms with Crippen LogP contribution in [0.4, 0.5) is 0 Å². The van der Waals surface area contributed by atoms with Gasteiger partial charge in [0.05, 0.1) is 13.2 Å². The summed E-state index contributed by atoms with van der Waals surface area (Å²) in [6.45, 7) is 6.27. The van der Waals surface area contributed by atoms with E-state index >= 15 is 0 Å². The normalized spacial score (nSPS) is 15.1. The number of benzene rings is 1. The van der Waals surface area contributed by atoms with Crippen molar-refractivity contribution in [2.45, 2.75) is 31.2 Å². The Labute approximate surface area is 150 Å². The average Bonchev–Trinajstić information content (AvgIpc) is 2.62. The van der Waals surface area contributed by atoms with Gasteiger partial charge in [-0.1, -0.05) is 23.8 Å². The second kappa shape index (κ2) is 10.4. The topological polar surface area (TPSA) is 36.9 Å². The molecule has 0 saturated carbocycles. The van der Waals surface area contributed by atoms with Crippen LogP contribution < -0.4 is 5.32 Å². The lowest BCUT2D eigenvalue weighted by Crippen LogP contribution is -2.38. The van der Waals surface area contributed by atoms with Crippen molar-refractivity contribution < 1.29 is 4.74 Å². The van der Waals surface area contributed by atoms with Crippen molar-refractivity contribution in [2.24, 2.45) is 4.99 Å². The maximum Gasteiger partial charge on any atom is 0.193 e. The third kappa shape index (κ3) is 6.21. The number of rotatable bonds is 7. The number of nitrogens with one attached hydrogen (secondary N) is 1. The highest BCUT2D eigenvalue weighted by Gasteiger charge is 2.08. The molecule has 0 saturated heterocycles. The van der Waals surface area contributed by atoms with Gasteiger partial charge < -0.3 is 15.0 Å². The summed E-state index contributed by atoms with van der Waals surface area (Å²) < 4.78 is 5.35. The van der Waals surface area contributed by atoms with E-state index in [1.807, 2.05) is 0 Å². The van der Waals surface area contributed by atoms with E-state index < -0.39 is 0 Å². The molecule has 0 unspecified atom stereocenters. The summed E-state index contributed by atoms with van der Waals surface area (Å²) in [5, 5.41) is 3.39. The van der Waals surface area contributed by atoms with Gasteiger partial charge in [-0.25, -0.2) is 0 Å². The van der Waals surface area contributed by atoms with Crippen LogP contribution in [0, 0.1) is 0 Å². The van der Waals surface area contributed by atoms with Crippen LogP contribution in [0.1, 0.15) is 25.3 Å². The van der Waals surface area contributed by atoms with Gasteiger partial charge in [0.1, 0.15) is 0 Å². The van der Waals surface area contributed by atoms with E-state index in [2.05, 4.69) is 60.8 Å². The van der Waals surface area contributed by atoms with Crippen LogP contribution in [-0.4, -0.2) is 50.5 Å². The third-order valence-corrected chi connectivity index (χ3v) is 4.77. The number of guanidine groups is 1. The van der Waals surface area contributed by atoms with E-state index in [0.717, 1.165) is 51.6 Å². The van der Waals surface area contributed by atoms with Gasteiger partial charge in [0.25, 0.3) is 0 Å². The summed E-state index contributed by atoms with van der Waals surface area (Å²) in [6.07, 6.45) is 6.37. The smallest absolute Gasteiger partial charge is 0.193 e. The quantitative estimate of drug-likeness (QED) is 0.354. The Morgan fingerprint density at radius 1 is 1.33 bits per heavy atom. The van der Waals surface area contributed by atoms with Crippen molar-refractivity contribution in [1.29, 1.82) is 0 Å². The molecule has 0 aliphatic carbocycles. The van der Waals surface area contributed by atoms with Gasteiger partial charge in [0.15, 0.2) is 5.96 Å². The number of ether oxygens (including phenoxy) is 1. The van der Waals surface area contributed by atoms with Crippen LogP contribution in [0.15, 0.2) is 45.8 Å². The molecule has 0 aromatic heterocycles. The fraction of sp³-hybridized carbons (Fsp3) is 0.526. The molecular formula is C19H29N3OS. The number of aliphatic imine (C=N–C) groups is 1. The van der Waals surface area contributed by atoms with Gasteiger partial charge in [-0.2, -0.15) is 0 Å². The lowest BCUT2D eigenvalue weighted by Gasteiger charge is -2.22. The van der Waals surface area contributed by atoms with Crippen molar-refractivity contribution in [3.8, 4) is 0 Å². The maximum absolute atomic E-state index is 5.35. The second-order valence-electron chi connectivity index (χ2n) is 5.88. The van der Waals surface area contributed by atoms with Gasteiger partial charge >= 0.3 is 0 Å². The second-order valence-corrected chi connectivity index (χ2v) is 6.76. The molecule has 0 fully saturated rings. The zero-order valence-corrected chi connectivity index (χ0v) is 15.9. The lowest BCUT2D eigenvalue weighted by molar-refractivity contribution is 0.153. The fourth-order valence-corrected chi connectivity index (χ4v) is 3.06. The molecule has 2 rings (SSSR count). The van der Waals surface area contributed by atoms with E-state index in [9.17, 15) is 0 Å². The largest absolute Gasteiger partial charge is 0.377 e. The monoisotopic (exact) mass is 347 g/mol. The molecule has 1 aliphatic heterocycles. The van der Waals surface area contributed by atoms with Crippen LogP contribution >= 0.6 is 11.8 Å². The first kappa shape index (κ1) is 18.9. The third-order valence-electron chi connectivity index (χ3n) is 4.03. The predicted molar refractivity (Wildman–Crippen MR) is 104 cm³/mol. The van der Waals surface area contributed by atoms with E-state index in [-0.39, 0.29) is 0 Å². The molecule has 0 spiro atoms. The van der Waals surface area contributed by atoms with Crippen molar-refractivity contribution in [3.63, 3.8) is 0 Å². The highest BCUT2D eigenvalue weighted by molar-refractivity contribution is 7.98. The summed E-state index contributed by atoms with van der Waals surface area (Å²) in [5.41, 5.74) is 2.77. The molecule has 1 aromatic rings. The molecule has 1 heterocycles.